The van der Waals surface area contributed by atoms with Crippen molar-refractivity contribution in [1.82, 2.24) is 14.9 Å². The molecule has 2 heterocycles. The molecule has 1 atom stereocenters. The Bertz CT molecular complexity index is 377. The van der Waals surface area contributed by atoms with E-state index in [2.05, 4.69) is 35.6 Å². The predicted molar refractivity (Wildman–Crippen MR) is 77.6 cm³/mol. The van der Waals surface area contributed by atoms with E-state index in [0.29, 0.717) is 12.0 Å². The molecule has 106 valence electrons. The van der Waals surface area contributed by atoms with Crippen molar-refractivity contribution in [2.75, 3.05) is 19.6 Å². The number of hydrogen-bond donors (Lipinski definition) is 1. The maximum Gasteiger partial charge on any atom is 0.115 e. The highest BCUT2D eigenvalue weighted by atomic mass is 15.2. The zero-order valence-electron chi connectivity index (χ0n) is 12.3. The molecule has 1 aromatic rings. The predicted octanol–water partition coefficient (Wildman–Crippen LogP) is 2.23. The molecule has 19 heavy (non-hydrogen) atoms. The van der Waals surface area contributed by atoms with Crippen LogP contribution in [-0.2, 0) is 0 Å². The number of aromatic nitrogens is 2. The van der Waals surface area contributed by atoms with Crippen LogP contribution in [0.15, 0.2) is 18.6 Å². The van der Waals surface area contributed by atoms with Gasteiger partial charge in [-0.25, -0.2) is 9.97 Å². The summed E-state index contributed by atoms with van der Waals surface area (Å²) >= 11 is 0. The van der Waals surface area contributed by atoms with Gasteiger partial charge in [0.05, 0.1) is 11.7 Å². The van der Waals surface area contributed by atoms with Crippen LogP contribution in [0.5, 0.6) is 0 Å². The van der Waals surface area contributed by atoms with E-state index >= 15 is 0 Å². The SMILES string of the molecule is CC(C)(C)C1CCN(C(CN)c2ccncn2)CC1. The maximum atomic E-state index is 5.95. The Labute approximate surface area is 116 Å². The van der Waals surface area contributed by atoms with Gasteiger partial charge >= 0.3 is 0 Å². The number of hydrogen-bond acceptors (Lipinski definition) is 4. The first-order chi connectivity index (χ1) is 9.02. The van der Waals surface area contributed by atoms with E-state index in [4.69, 9.17) is 5.73 Å². The summed E-state index contributed by atoms with van der Waals surface area (Å²) in [6.07, 6.45) is 5.92. The molecule has 0 aromatic carbocycles. The lowest BCUT2D eigenvalue weighted by Gasteiger charge is -2.41. The lowest BCUT2D eigenvalue weighted by Crippen LogP contribution is -2.42. The largest absolute Gasteiger partial charge is 0.329 e. The first kappa shape index (κ1) is 14.4. The zero-order valence-corrected chi connectivity index (χ0v) is 12.3. The monoisotopic (exact) mass is 262 g/mol. The van der Waals surface area contributed by atoms with Crippen molar-refractivity contribution >= 4 is 0 Å². The summed E-state index contributed by atoms with van der Waals surface area (Å²) < 4.78 is 0. The lowest BCUT2D eigenvalue weighted by molar-refractivity contribution is 0.0833. The van der Waals surface area contributed by atoms with Crippen molar-refractivity contribution in [2.45, 2.75) is 39.7 Å². The number of likely N-dealkylation sites (tertiary alicyclic amines) is 1. The number of rotatable bonds is 3. The van der Waals surface area contributed by atoms with E-state index < -0.39 is 0 Å². The summed E-state index contributed by atoms with van der Waals surface area (Å²) in [5, 5.41) is 0. The lowest BCUT2D eigenvalue weighted by atomic mass is 9.75. The van der Waals surface area contributed by atoms with Gasteiger partial charge < -0.3 is 5.73 Å². The summed E-state index contributed by atoms with van der Waals surface area (Å²) in [6.45, 7) is 9.90. The second kappa shape index (κ2) is 5.97. The Kier molecular flexibility index (Phi) is 4.53. The van der Waals surface area contributed by atoms with E-state index in [0.717, 1.165) is 24.7 Å². The van der Waals surface area contributed by atoms with Gasteiger partial charge in [-0.1, -0.05) is 20.8 Å². The molecule has 1 aromatic heterocycles. The van der Waals surface area contributed by atoms with E-state index in [-0.39, 0.29) is 6.04 Å². The molecule has 0 bridgehead atoms. The van der Waals surface area contributed by atoms with Gasteiger partial charge in [-0.2, -0.15) is 0 Å². The summed E-state index contributed by atoms with van der Waals surface area (Å²) in [5.41, 5.74) is 7.42. The fourth-order valence-corrected chi connectivity index (χ4v) is 3.03. The smallest absolute Gasteiger partial charge is 0.115 e. The molecule has 1 fully saturated rings. The maximum absolute atomic E-state index is 5.95. The van der Waals surface area contributed by atoms with Crippen molar-refractivity contribution in [2.24, 2.45) is 17.1 Å². The highest BCUT2D eigenvalue weighted by Gasteiger charge is 2.31. The van der Waals surface area contributed by atoms with Gasteiger partial charge in [0.2, 0.25) is 0 Å². The standard InChI is InChI=1S/C15H26N4/c1-15(2,3)12-5-8-19(9-6-12)14(10-16)13-4-7-17-11-18-13/h4,7,11-12,14H,5-6,8-10,16H2,1-3H3. The number of nitrogens with two attached hydrogens (primary N) is 1. The number of nitrogens with zero attached hydrogens (tertiary/aromatic N) is 3. The Balaban J connectivity index is 2.00. The summed E-state index contributed by atoms with van der Waals surface area (Å²) in [6, 6.07) is 2.22. The van der Waals surface area contributed by atoms with Crippen molar-refractivity contribution in [3.05, 3.63) is 24.3 Å². The van der Waals surface area contributed by atoms with Gasteiger partial charge in [0, 0.05) is 12.7 Å². The molecule has 1 aliphatic heterocycles. The average molecular weight is 262 g/mol. The summed E-state index contributed by atoms with van der Waals surface area (Å²) in [5.74, 6) is 0.813. The second-order valence-corrected chi connectivity index (χ2v) is 6.56. The molecule has 0 amide bonds. The average Bonchev–Trinajstić information content (AvgIpc) is 2.40. The van der Waals surface area contributed by atoms with E-state index in [1.165, 1.54) is 12.8 Å². The first-order valence-electron chi connectivity index (χ1n) is 7.22. The molecule has 4 heteroatoms. The van der Waals surface area contributed by atoms with Gasteiger partial charge in [-0.3, -0.25) is 4.90 Å². The van der Waals surface area contributed by atoms with Gasteiger partial charge in [0.25, 0.3) is 0 Å². The molecular weight excluding hydrogens is 236 g/mol. The quantitative estimate of drug-likeness (QED) is 0.907. The normalized spacial score (nSPS) is 20.4. The van der Waals surface area contributed by atoms with Crippen LogP contribution in [-0.4, -0.2) is 34.5 Å². The third kappa shape index (κ3) is 3.51. The van der Waals surface area contributed by atoms with Crippen LogP contribution in [0, 0.1) is 11.3 Å². The fourth-order valence-electron chi connectivity index (χ4n) is 3.03. The minimum Gasteiger partial charge on any atom is -0.329 e. The van der Waals surface area contributed by atoms with Crippen LogP contribution in [0.1, 0.15) is 45.3 Å². The minimum atomic E-state index is 0.240. The molecule has 0 spiro atoms. The third-order valence-electron chi connectivity index (χ3n) is 4.36. The molecule has 1 aliphatic rings. The zero-order chi connectivity index (χ0) is 13.9. The van der Waals surface area contributed by atoms with E-state index in [1.54, 1.807) is 12.5 Å². The highest BCUT2D eigenvalue weighted by molar-refractivity contribution is 5.06. The Morgan fingerprint density at radius 1 is 1.37 bits per heavy atom. The second-order valence-electron chi connectivity index (χ2n) is 6.56. The molecule has 0 saturated carbocycles. The molecular formula is C15H26N4. The molecule has 4 nitrogen and oxygen atoms in total. The van der Waals surface area contributed by atoms with Gasteiger partial charge in [0.1, 0.15) is 6.33 Å². The van der Waals surface area contributed by atoms with Crippen LogP contribution in [0.3, 0.4) is 0 Å². The number of piperidine rings is 1. The molecule has 1 unspecified atom stereocenters. The topological polar surface area (TPSA) is 55.0 Å². The van der Waals surface area contributed by atoms with Crippen molar-refractivity contribution in [3.8, 4) is 0 Å². The molecule has 2 N–H and O–H groups in total. The molecule has 0 aliphatic carbocycles. The summed E-state index contributed by atoms with van der Waals surface area (Å²) in [4.78, 5) is 10.8. The van der Waals surface area contributed by atoms with Crippen LogP contribution >= 0.6 is 0 Å². The Morgan fingerprint density at radius 2 is 2.05 bits per heavy atom. The van der Waals surface area contributed by atoms with E-state index in [9.17, 15) is 0 Å². The van der Waals surface area contributed by atoms with Gasteiger partial charge in [0.15, 0.2) is 0 Å². The molecule has 0 radical (unpaired) electrons. The molecule has 1 saturated heterocycles. The van der Waals surface area contributed by atoms with Crippen LogP contribution in [0.2, 0.25) is 0 Å². The van der Waals surface area contributed by atoms with Crippen LogP contribution in [0.25, 0.3) is 0 Å². The van der Waals surface area contributed by atoms with Gasteiger partial charge in [-0.05, 0) is 43.3 Å². The fraction of sp³-hybridized carbons (Fsp3) is 0.733. The van der Waals surface area contributed by atoms with Gasteiger partial charge in [-0.15, -0.1) is 0 Å². The summed E-state index contributed by atoms with van der Waals surface area (Å²) in [7, 11) is 0. The Morgan fingerprint density at radius 3 is 2.53 bits per heavy atom. The first-order valence-corrected chi connectivity index (χ1v) is 7.22. The van der Waals surface area contributed by atoms with Crippen molar-refractivity contribution in [1.29, 1.82) is 0 Å². The Hall–Kier alpha value is -1.00. The van der Waals surface area contributed by atoms with Crippen molar-refractivity contribution in [3.63, 3.8) is 0 Å². The van der Waals surface area contributed by atoms with Crippen LogP contribution in [0.4, 0.5) is 0 Å². The van der Waals surface area contributed by atoms with Crippen molar-refractivity contribution < 1.29 is 0 Å². The van der Waals surface area contributed by atoms with E-state index in [1.807, 2.05) is 6.07 Å². The molecule has 2 rings (SSSR count). The van der Waals surface area contributed by atoms with Crippen LogP contribution < -0.4 is 5.73 Å². The highest BCUT2D eigenvalue weighted by Crippen LogP contribution is 2.36. The third-order valence-corrected chi connectivity index (χ3v) is 4.36. The minimum absolute atomic E-state index is 0.240.